The van der Waals surface area contributed by atoms with Gasteiger partial charge in [0, 0.05) is 0 Å². The molecule has 0 unspecified atom stereocenters. The molecule has 2 aromatic carbocycles. The molecule has 0 aromatic heterocycles. The second-order valence-corrected chi connectivity index (χ2v) is 16.8. The molecule has 2 rings (SSSR count). The first-order chi connectivity index (χ1) is 20.3. The van der Waals surface area contributed by atoms with Crippen molar-refractivity contribution in [2.45, 2.75) is 155 Å². The van der Waals surface area contributed by atoms with Gasteiger partial charge < -0.3 is 0 Å². The van der Waals surface area contributed by atoms with Gasteiger partial charge in [0.25, 0.3) is 0 Å². The van der Waals surface area contributed by atoms with Gasteiger partial charge in [-0.2, -0.15) is 0 Å². The van der Waals surface area contributed by atoms with Crippen molar-refractivity contribution in [3.8, 4) is 0 Å². The molecule has 0 atom stereocenters. The molecule has 0 aliphatic carbocycles. The van der Waals surface area contributed by atoms with Crippen LogP contribution in [0.1, 0.15) is 153 Å². The number of aryl methyl sites for hydroxylation is 2. The Balaban J connectivity index is 0. The summed E-state index contributed by atoms with van der Waals surface area (Å²) in [6.07, 6.45) is 30.9. The molecule has 0 saturated carbocycles. The molecule has 0 saturated heterocycles. The van der Waals surface area contributed by atoms with Crippen molar-refractivity contribution in [1.29, 1.82) is 0 Å². The number of rotatable bonds is 24. The molecule has 0 radical (unpaired) electrons. The molecule has 8 heteroatoms. The second kappa shape index (κ2) is 31.2. The molecular weight excluding hydrogens is 795 g/mol. The maximum atomic E-state index is 9.89. The van der Waals surface area contributed by atoms with E-state index in [1.165, 1.54) is 152 Å². The van der Waals surface area contributed by atoms with Gasteiger partial charge in [-0.15, -0.1) is 0 Å². The molecular formula is C36H60F6ISb. The Bertz CT molecular complexity index is 787. The average molecular weight is 856 g/mol. The van der Waals surface area contributed by atoms with Crippen LogP contribution in [-0.4, -0.2) is 21.1 Å². The Hall–Kier alpha value is -0.432. The van der Waals surface area contributed by atoms with Crippen LogP contribution in [0.4, 0.5) is 20.7 Å². The van der Waals surface area contributed by atoms with Gasteiger partial charge in [0.05, 0.1) is 0 Å². The quantitative estimate of drug-likeness (QED) is 0.0427. The van der Waals surface area contributed by atoms with E-state index in [4.69, 9.17) is 0 Å². The van der Waals surface area contributed by atoms with Gasteiger partial charge in [0.15, 0.2) is 7.14 Å². The van der Waals surface area contributed by atoms with Crippen LogP contribution < -0.4 is 21.2 Å². The number of benzene rings is 2. The van der Waals surface area contributed by atoms with E-state index in [0.29, 0.717) is 0 Å². The Morgan fingerprint density at radius 2 is 0.636 bits per heavy atom. The topological polar surface area (TPSA) is 0 Å². The van der Waals surface area contributed by atoms with E-state index in [2.05, 4.69) is 62.4 Å². The summed E-state index contributed by atoms with van der Waals surface area (Å²) in [6, 6.07) is 19.2. The van der Waals surface area contributed by atoms with Crippen molar-refractivity contribution in [2.75, 3.05) is 0 Å². The monoisotopic (exact) mass is 854 g/mol. The van der Waals surface area contributed by atoms with Crippen LogP contribution in [0.3, 0.4) is 0 Å². The molecule has 0 amide bonds. The fourth-order valence-corrected chi connectivity index (χ4v) is 7.34. The average Bonchev–Trinajstić information content (AvgIpc) is 2.96. The number of hydrogen-bond acceptors (Lipinski definition) is 0. The minimum atomic E-state index is -7.10. The first-order valence-corrected chi connectivity index (χ1v) is 22.8. The summed E-state index contributed by atoms with van der Waals surface area (Å²) in [5.41, 5.74) is 3.05. The van der Waals surface area contributed by atoms with Gasteiger partial charge in [-0.1, -0.05) is 154 Å². The van der Waals surface area contributed by atoms with Crippen LogP contribution in [0.5, 0.6) is 0 Å². The predicted molar refractivity (Wildman–Crippen MR) is 177 cm³/mol. The molecule has 0 spiro atoms. The molecule has 0 heterocycles. The molecule has 2 aromatic rings. The summed E-state index contributed by atoms with van der Waals surface area (Å²) in [5.74, 6) is 0. The van der Waals surface area contributed by atoms with Crippen LogP contribution in [0, 0.1) is 7.14 Å². The molecule has 0 aliphatic rings. The van der Waals surface area contributed by atoms with Crippen LogP contribution in [-0.2, 0) is 12.8 Å². The van der Waals surface area contributed by atoms with E-state index < -0.39 is 21.1 Å². The van der Waals surface area contributed by atoms with Crippen LogP contribution in [0.15, 0.2) is 48.5 Å². The van der Waals surface area contributed by atoms with Gasteiger partial charge >= 0.3 is 53.6 Å². The molecule has 0 N–H and O–H groups in total. The number of unbranched alkanes of at least 4 members (excludes halogenated alkanes) is 18. The van der Waals surface area contributed by atoms with Crippen LogP contribution >= 0.6 is 0 Å². The first-order valence-electron chi connectivity index (χ1n) is 16.8. The minimum absolute atomic E-state index is 0. The number of halogens is 7. The fourth-order valence-electron chi connectivity index (χ4n) is 5.19. The Morgan fingerprint density at radius 3 is 0.886 bits per heavy atom. The van der Waals surface area contributed by atoms with Crippen molar-refractivity contribution in [3.05, 3.63) is 66.8 Å². The third kappa shape index (κ3) is 30.2. The summed E-state index contributed by atoms with van der Waals surface area (Å²) in [7, 11) is 0. The number of hydrogen-bond donors (Lipinski definition) is 0. The normalized spacial score (nSPS) is 11.2. The zero-order valence-corrected chi connectivity index (χ0v) is 32.0. The summed E-state index contributed by atoms with van der Waals surface area (Å²) in [5, 5.41) is 0. The molecule has 0 nitrogen and oxygen atoms in total. The third-order valence-electron chi connectivity index (χ3n) is 7.68. The Morgan fingerprint density at radius 1 is 0.409 bits per heavy atom. The van der Waals surface area contributed by atoms with Gasteiger partial charge in [-0.05, 0) is 61.1 Å². The standard InChI is InChI=1S/C36H58I.6FH.Sb/c1-3-5-7-9-11-13-15-17-19-21-23-33-25-29-35(30-26-33)37-36-31-27-34(28-32-36)24-22-20-18-16-14-12-10-8-6-4-2;;;;;;;/h25-32H,3-24H2,1-2H3;6*1H;/q+1;;;;;;;+3/p-4. The van der Waals surface area contributed by atoms with Crippen molar-refractivity contribution in [1.82, 2.24) is 0 Å². The second-order valence-electron chi connectivity index (χ2n) is 11.6. The van der Waals surface area contributed by atoms with E-state index in [-0.39, 0.29) is 30.6 Å². The van der Waals surface area contributed by atoms with Crippen molar-refractivity contribution < 1.29 is 41.9 Å². The van der Waals surface area contributed by atoms with Crippen molar-refractivity contribution in [2.24, 2.45) is 0 Å². The molecule has 0 bridgehead atoms. The summed E-state index contributed by atoms with van der Waals surface area (Å²) in [6.45, 7) is 4.60. The molecule has 0 aliphatic heterocycles. The third-order valence-corrected chi connectivity index (χ3v) is 10.4. The predicted octanol–water partition coefficient (Wildman–Crippen LogP) is 10.3. The van der Waals surface area contributed by atoms with E-state index in [1.54, 1.807) is 7.14 Å². The van der Waals surface area contributed by atoms with Gasteiger partial charge in [-0.3, -0.25) is 9.41 Å². The fraction of sp³-hybridized carbons (Fsp3) is 0.667. The van der Waals surface area contributed by atoms with E-state index >= 15 is 0 Å². The van der Waals surface area contributed by atoms with Crippen molar-refractivity contribution in [3.63, 3.8) is 0 Å². The zero-order chi connectivity index (χ0) is 30.7. The van der Waals surface area contributed by atoms with Crippen LogP contribution in [0.25, 0.3) is 0 Å². The molecule has 44 heavy (non-hydrogen) atoms. The summed E-state index contributed by atoms with van der Waals surface area (Å²) < 4.78 is 42.6. The van der Waals surface area contributed by atoms with Gasteiger partial charge in [0.1, 0.15) is 0 Å². The summed E-state index contributed by atoms with van der Waals surface area (Å²) in [4.78, 5) is 0. The SMILES string of the molecule is CCCCCCCCCCCCc1ccc([I+]c2ccc(CCCCCCCCCCCC)cc2)cc1.F.F.[F][Sb-]([F])([F])[F]. The summed E-state index contributed by atoms with van der Waals surface area (Å²) >= 11 is -7.16. The first kappa shape index (κ1) is 45.7. The Kier molecular flexibility index (Phi) is 32.4. The molecule has 0 fully saturated rings. The Labute approximate surface area is 283 Å². The zero-order valence-electron chi connectivity index (χ0n) is 27.3. The van der Waals surface area contributed by atoms with Gasteiger partial charge in [0.2, 0.25) is 0 Å². The van der Waals surface area contributed by atoms with Gasteiger partial charge in [-0.25, -0.2) is 0 Å². The van der Waals surface area contributed by atoms with Crippen LogP contribution in [0.2, 0.25) is 0 Å². The molecule has 258 valence electrons. The van der Waals surface area contributed by atoms with E-state index in [1.807, 2.05) is 0 Å². The van der Waals surface area contributed by atoms with E-state index in [9.17, 15) is 11.3 Å². The maximum absolute atomic E-state index is 9.89. The van der Waals surface area contributed by atoms with Crippen molar-refractivity contribution >= 4 is 21.1 Å². The van der Waals surface area contributed by atoms with E-state index in [0.717, 1.165) is 0 Å².